The van der Waals surface area contributed by atoms with Gasteiger partial charge in [-0.3, -0.25) is 0 Å². The van der Waals surface area contributed by atoms with Crippen molar-refractivity contribution in [2.75, 3.05) is 0 Å². The molecule has 2 aliphatic carbocycles. The summed E-state index contributed by atoms with van der Waals surface area (Å²) in [5, 5.41) is 1.89. The lowest BCUT2D eigenvalue weighted by Crippen LogP contribution is -2.75. The topological polar surface area (TPSA) is 30.2 Å². The number of fused-ring (bicyclic) bond motifs is 2. The minimum atomic E-state index is -6.13. The van der Waals surface area contributed by atoms with Gasteiger partial charge in [-0.2, -0.15) is 132 Å². The summed E-state index contributed by atoms with van der Waals surface area (Å²) in [7, 11) is 0. The van der Waals surface area contributed by atoms with Gasteiger partial charge in [0.15, 0.2) is 12.7 Å². The third-order valence-electron chi connectivity index (χ3n) is 13.7. The summed E-state index contributed by atoms with van der Waals surface area (Å²) < 4.78 is 349. The second-order valence-corrected chi connectivity index (χ2v) is 19.5. The molecular weight excluding hydrogens is 1220 g/mol. The van der Waals surface area contributed by atoms with E-state index in [9.17, 15) is 110 Å². The van der Waals surface area contributed by atoms with Gasteiger partial charge in [-0.15, -0.1) is 0 Å². The third-order valence-corrected chi connectivity index (χ3v) is 13.7. The van der Waals surface area contributed by atoms with Crippen LogP contribution in [0.3, 0.4) is 0 Å². The average molecular weight is 1250 g/mol. The Labute approximate surface area is 473 Å². The molecule has 2 aliphatic rings. The van der Waals surface area contributed by atoms with Crippen molar-refractivity contribution in [1.82, 2.24) is 0 Å². The standard InChI is InChI=1S/C32H12BF24.C27H20NO2/c34-25(35,36)13-1-14(26(37,38)39)6-21(5-13)33(22-7-15(27(40,41)42)2-16(8-22)28(43,44)45,23-9-17(29(46,47)48)3-18(10-23)30(49,50)51)24-11-19(31(52,53)54)4-20(12-24)32(55,56)57;29-27(30-24-17-22-12-5-2-6-13-23(22)18-24)26-25-14-8-7-11-21(25)15-16-28(26)19-20-9-3-1-4-10-20/h1-12H;1-18H,19H2/q-1;+1. The molecule has 87 heavy (non-hydrogen) atoms. The van der Waals surface area contributed by atoms with Crippen LogP contribution in [0.5, 0.6) is 5.75 Å². The van der Waals surface area contributed by atoms with Crippen molar-refractivity contribution in [3.8, 4) is 16.9 Å². The molecule has 0 spiro atoms. The normalized spacial score (nSPS) is 13.1. The molecule has 0 N–H and O–H groups in total. The highest BCUT2D eigenvalue weighted by molar-refractivity contribution is 7.20. The Kier molecular flexibility index (Phi) is 16.9. The number of nitrogens with zero attached hydrogens (tertiary/aromatic N) is 1. The number of halogens is 24. The van der Waals surface area contributed by atoms with Crippen LogP contribution in [0.15, 0.2) is 182 Å². The van der Waals surface area contributed by atoms with Crippen LogP contribution in [0.25, 0.3) is 21.9 Å². The fraction of sp³-hybridized carbons (Fsp3) is 0.153. The summed E-state index contributed by atoms with van der Waals surface area (Å²) >= 11 is 0. The van der Waals surface area contributed by atoms with E-state index < -0.39 is 195 Å². The monoisotopic (exact) mass is 1250 g/mol. The van der Waals surface area contributed by atoms with Gasteiger partial charge in [-0.1, -0.05) is 127 Å². The fourth-order valence-corrected chi connectivity index (χ4v) is 9.87. The third kappa shape index (κ3) is 14.3. The van der Waals surface area contributed by atoms with Gasteiger partial charge >= 0.3 is 55.4 Å². The van der Waals surface area contributed by atoms with Gasteiger partial charge in [0.2, 0.25) is 0 Å². The maximum atomic E-state index is 14.2. The number of pyridine rings is 1. The minimum absolute atomic E-state index is 0.359. The van der Waals surface area contributed by atoms with Gasteiger partial charge in [0.1, 0.15) is 11.9 Å². The fourth-order valence-electron chi connectivity index (χ4n) is 9.87. The van der Waals surface area contributed by atoms with Crippen LogP contribution in [0.1, 0.15) is 60.6 Å². The zero-order chi connectivity index (χ0) is 64.3. The Morgan fingerprint density at radius 2 is 0.632 bits per heavy atom. The van der Waals surface area contributed by atoms with E-state index in [1.807, 2.05) is 102 Å². The zero-order valence-corrected chi connectivity index (χ0v) is 42.9. The summed E-state index contributed by atoms with van der Waals surface area (Å²) in [5.74, 6) is 0.197. The quantitative estimate of drug-likeness (QED) is 0.0657. The molecule has 0 radical (unpaired) electrons. The van der Waals surface area contributed by atoms with Crippen molar-refractivity contribution >= 4 is 44.7 Å². The van der Waals surface area contributed by atoms with E-state index in [0.29, 0.717) is 18.0 Å². The first-order valence-electron chi connectivity index (χ1n) is 24.6. The molecule has 456 valence electrons. The van der Waals surface area contributed by atoms with Crippen LogP contribution in [-0.4, -0.2) is 12.1 Å². The first-order chi connectivity index (χ1) is 40.0. The predicted molar refractivity (Wildman–Crippen MR) is 268 cm³/mol. The molecule has 3 nitrogen and oxygen atoms in total. The highest BCUT2D eigenvalue weighted by Crippen LogP contribution is 2.42. The van der Waals surface area contributed by atoms with E-state index in [1.54, 1.807) is 0 Å². The molecule has 0 amide bonds. The number of hydrogen-bond donors (Lipinski definition) is 0. The Morgan fingerprint density at radius 1 is 0.345 bits per heavy atom. The number of benzene rings is 6. The molecule has 0 atom stereocenters. The molecule has 0 bridgehead atoms. The first kappa shape index (κ1) is 64.3. The van der Waals surface area contributed by atoms with Gasteiger partial charge in [0.05, 0.1) is 49.9 Å². The summed E-state index contributed by atoms with van der Waals surface area (Å²) in [6, 6.07) is 25.0. The molecule has 0 fully saturated rings. The molecule has 7 aromatic rings. The number of rotatable bonds is 8. The SMILES string of the molecule is FC(F)(F)c1cc([B-](c2cc(C(F)(F)F)cc(C(F)(F)F)c2)(c2cc(C(F)(F)F)cc(C(F)(F)F)c2)c2cc(C(F)(F)F)cc(C(F)(F)F)c2)cc(C(F)(F)F)c1.O=C(Oc1cc2cccccc-2c1)c1c2ccccc2cc[n+]1Cc1ccccc1. The van der Waals surface area contributed by atoms with Crippen molar-refractivity contribution in [2.45, 2.75) is 56.0 Å². The molecule has 0 aliphatic heterocycles. The maximum absolute atomic E-state index is 14.2. The molecule has 28 heteroatoms. The van der Waals surface area contributed by atoms with Gasteiger partial charge in [0, 0.05) is 11.6 Å². The van der Waals surface area contributed by atoms with E-state index >= 15 is 0 Å². The molecule has 1 heterocycles. The van der Waals surface area contributed by atoms with E-state index in [0.717, 1.165) is 27.5 Å². The molecule has 0 unspecified atom stereocenters. The van der Waals surface area contributed by atoms with E-state index in [1.165, 1.54) is 0 Å². The van der Waals surface area contributed by atoms with Crippen LogP contribution in [0, 0.1) is 0 Å². The molecule has 0 saturated carbocycles. The number of carbonyl (C=O) groups is 1. The van der Waals surface area contributed by atoms with Crippen molar-refractivity contribution in [3.63, 3.8) is 0 Å². The smallest absolute Gasteiger partial charge is 0.416 e. The zero-order valence-electron chi connectivity index (χ0n) is 42.9. The van der Waals surface area contributed by atoms with Crippen molar-refractivity contribution < 1.29 is 119 Å². The highest BCUT2D eigenvalue weighted by atomic mass is 19.4. The Bertz CT molecular complexity index is 3500. The van der Waals surface area contributed by atoms with Crippen molar-refractivity contribution in [2.24, 2.45) is 0 Å². The van der Waals surface area contributed by atoms with E-state index in [4.69, 9.17) is 4.74 Å². The Morgan fingerprint density at radius 3 is 0.943 bits per heavy atom. The highest BCUT2D eigenvalue weighted by Gasteiger charge is 2.47. The van der Waals surface area contributed by atoms with Gasteiger partial charge in [-0.25, -0.2) is 4.79 Å². The largest absolute Gasteiger partial charge is 0.418 e. The summed E-state index contributed by atoms with van der Waals surface area (Å²) in [6.45, 7) is 0.592. The predicted octanol–water partition coefficient (Wildman–Crippen LogP) is 16.7. The minimum Gasteiger partial charge on any atom is -0.418 e. The number of hydrogen-bond acceptors (Lipinski definition) is 2. The van der Waals surface area contributed by atoms with E-state index in [2.05, 4.69) is 12.1 Å². The van der Waals surface area contributed by atoms with Crippen LogP contribution < -0.4 is 31.2 Å². The Hall–Kier alpha value is -8.72. The van der Waals surface area contributed by atoms with Crippen molar-refractivity contribution in [3.05, 3.63) is 238 Å². The first-order valence-corrected chi connectivity index (χ1v) is 24.6. The lowest BCUT2D eigenvalue weighted by molar-refractivity contribution is -0.689. The molecule has 1 aromatic heterocycles. The van der Waals surface area contributed by atoms with Crippen LogP contribution in [-0.2, 0) is 56.0 Å². The number of carbonyl (C=O) groups excluding carboxylic acids is 1. The number of aromatic nitrogens is 1. The number of alkyl halides is 24. The summed E-state index contributed by atoms with van der Waals surface area (Å²) in [6.07, 6.45) is -52.9. The Balaban J connectivity index is 0.000000271. The van der Waals surface area contributed by atoms with Crippen LogP contribution in [0.2, 0.25) is 0 Å². The summed E-state index contributed by atoms with van der Waals surface area (Å²) in [5.41, 5.74) is -26.5. The molecule has 9 rings (SSSR count). The lowest BCUT2D eigenvalue weighted by atomic mass is 9.12. The molecule has 6 aromatic carbocycles. The second kappa shape index (κ2) is 22.9. The van der Waals surface area contributed by atoms with Crippen LogP contribution >= 0.6 is 0 Å². The van der Waals surface area contributed by atoms with Crippen molar-refractivity contribution in [1.29, 1.82) is 0 Å². The average Bonchev–Trinajstić information content (AvgIpc) is 1.11. The molecular formula is C59H32BF24NO2. The molecule has 0 saturated heterocycles. The lowest BCUT2D eigenvalue weighted by Gasteiger charge is -2.46. The van der Waals surface area contributed by atoms with Gasteiger partial charge in [-0.05, 0) is 59.0 Å². The van der Waals surface area contributed by atoms with Gasteiger partial charge < -0.3 is 4.74 Å². The second-order valence-electron chi connectivity index (χ2n) is 19.5. The van der Waals surface area contributed by atoms with E-state index in [-0.39, 0.29) is 5.97 Å². The number of esters is 1. The summed E-state index contributed by atoms with van der Waals surface area (Å²) in [4.78, 5) is 13.3. The number of ether oxygens (including phenoxy) is 1. The maximum Gasteiger partial charge on any atom is 0.416 e. The van der Waals surface area contributed by atoms with Crippen LogP contribution in [0.4, 0.5) is 105 Å². The van der Waals surface area contributed by atoms with Gasteiger partial charge in [0.25, 0.3) is 5.69 Å².